The number of nitrogens with zero attached hydrogens (tertiary/aromatic N) is 2. The number of benzene rings is 1. The van der Waals surface area contributed by atoms with Gasteiger partial charge in [0.15, 0.2) is 0 Å². The minimum absolute atomic E-state index is 0.113. The Bertz CT molecular complexity index is 712. The zero-order chi connectivity index (χ0) is 16.4. The van der Waals surface area contributed by atoms with Gasteiger partial charge in [0.1, 0.15) is 5.82 Å². The second-order valence-corrected chi connectivity index (χ2v) is 6.31. The zero-order valence-electron chi connectivity index (χ0n) is 13.1. The van der Waals surface area contributed by atoms with Gasteiger partial charge in [-0.15, -0.1) is 0 Å². The van der Waals surface area contributed by atoms with E-state index in [0.29, 0.717) is 17.8 Å². The molecule has 1 unspecified atom stereocenters. The van der Waals surface area contributed by atoms with Crippen LogP contribution in [-0.2, 0) is 11.3 Å². The molecule has 22 heavy (non-hydrogen) atoms. The summed E-state index contributed by atoms with van der Waals surface area (Å²) < 4.78 is 15.9. The van der Waals surface area contributed by atoms with Crippen LogP contribution in [0.25, 0.3) is 0 Å². The zero-order valence-corrected chi connectivity index (χ0v) is 14.7. The Morgan fingerprint density at radius 3 is 2.64 bits per heavy atom. The molecule has 1 heterocycles. The predicted octanol–water partition coefficient (Wildman–Crippen LogP) is 3.98. The molecule has 1 aromatic carbocycles. The summed E-state index contributed by atoms with van der Waals surface area (Å²) in [7, 11) is 0. The van der Waals surface area contributed by atoms with Crippen LogP contribution < -0.4 is 5.32 Å². The monoisotopic (exact) mass is 367 g/mol. The third kappa shape index (κ3) is 3.55. The average molecular weight is 368 g/mol. The molecule has 0 spiro atoms. The molecule has 2 aromatic rings. The van der Waals surface area contributed by atoms with Crippen LogP contribution in [0.1, 0.15) is 23.9 Å². The predicted molar refractivity (Wildman–Crippen MR) is 88.3 cm³/mol. The molecule has 1 aromatic heterocycles. The summed E-state index contributed by atoms with van der Waals surface area (Å²) in [5.41, 5.74) is 3.23. The summed E-state index contributed by atoms with van der Waals surface area (Å²) in [6.45, 7) is 7.98. The standard InChI is InChI=1S/C16H19BrFN3O/c1-9-7-13(18)5-6-14(9)19-16(22)10(2)8-21-12(4)15(17)11(3)20-21/h5-7,10H,8H2,1-4H3,(H,19,22). The first-order valence-corrected chi connectivity index (χ1v) is 7.85. The molecule has 0 radical (unpaired) electrons. The molecule has 118 valence electrons. The molecule has 1 amide bonds. The van der Waals surface area contributed by atoms with Gasteiger partial charge in [-0.05, 0) is 60.5 Å². The molecule has 0 aliphatic rings. The van der Waals surface area contributed by atoms with Crippen molar-refractivity contribution in [3.8, 4) is 0 Å². The molecule has 4 nitrogen and oxygen atoms in total. The van der Waals surface area contributed by atoms with Gasteiger partial charge in [0, 0.05) is 11.4 Å². The van der Waals surface area contributed by atoms with Crippen LogP contribution in [0.2, 0.25) is 0 Å². The molecule has 0 saturated heterocycles. The third-order valence-corrected chi connectivity index (χ3v) is 4.78. The average Bonchev–Trinajstić information content (AvgIpc) is 2.69. The lowest BCUT2D eigenvalue weighted by molar-refractivity contribution is -0.119. The molecular weight excluding hydrogens is 349 g/mol. The normalized spacial score (nSPS) is 12.3. The van der Waals surface area contributed by atoms with Gasteiger partial charge in [0.2, 0.25) is 5.91 Å². The Morgan fingerprint density at radius 1 is 1.41 bits per heavy atom. The van der Waals surface area contributed by atoms with Crippen molar-refractivity contribution in [2.75, 3.05) is 5.32 Å². The SMILES string of the molecule is Cc1cc(F)ccc1NC(=O)C(C)Cn1nc(C)c(Br)c1C. The van der Waals surface area contributed by atoms with E-state index in [1.165, 1.54) is 12.1 Å². The van der Waals surface area contributed by atoms with Crippen molar-refractivity contribution >= 4 is 27.5 Å². The molecule has 0 bridgehead atoms. The van der Waals surface area contributed by atoms with Crippen LogP contribution in [0.5, 0.6) is 0 Å². The van der Waals surface area contributed by atoms with Gasteiger partial charge in [-0.3, -0.25) is 9.48 Å². The second kappa shape index (κ2) is 6.60. The third-order valence-electron chi connectivity index (χ3n) is 3.63. The van der Waals surface area contributed by atoms with E-state index in [0.717, 1.165) is 15.9 Å². The van der Waals surface area contributed by atoms with E-state index in [-0.39, 0.29) is 17.6 Å². The van der Waals surface area contributed by atoms with E-state index in [1.54, 1.807) is 13.0 Å². The van der Waals surface area contributed by atoms with Crippen LogP contribution in [0, 0.1) is 32.5 Å². The van der Waals surface area contributed by atoms with Crippen molar-refractivity contribution in [3.63, 3.8) is 0 Å². The van der Waals surface area contributed by atoms with Crippen molar-refractivity contribution in [1.29, 1.82) is 0 Å². The largest absolute Gasteiger partial charge is 0.326 e. The van der Waals surface area contributed by atoms with Gasteiger partial charge < -0.3 is 5.32 Å². The molecule has 0 fully saturated rings. The van der Waals surface area contributed by atoms with Gasteiger partial charge >= 0.3 is 0 Å². The fraction of sp³-hybridized carbons (Fsp3) is 0.375. The first-order valence-electron chi connectivity index (χ1n) is 7.06. The maximum absolute atomic E-state index is 13.1. The van der Waals surface area contributed by atoms with Crippen LogP contribution >= 0.6 is 15.9 Å². The number of aromatic nitrogens is 2. The molecule has 6 heteroatoms. The summed E-state index contributed by atoms with van der Waals surface area (Å²) in [5, 5.41) is 7.25. The first-order chi connectivity index (χ1) is 10.3. The topological polar surface area (TPSA) is 46.9 Å². The molecule has 0 saturated carbocycles. The molecular formula is C16H19BrFN3O. The van der Waals surface area contributed by atoms with Crippen molar-refractivity contribution in [1.82, 2.24) is 9.78 Å². The van der Waals surface area contributed by atoms with Crippen LogP contribution in [0.15, 0.2) is 22.7 Å². The number of anilines is 1. The second-order valence-electron chi connectivity index (χ2n) is 5.52. The van der Waals surface area contributed by atoms with Gasteiger partial charge in [-0.25, -0.2) is 4.39 Å². The van der Waals surface area contributed by atoms with Crippen molar-refractivity contribution in [2.45, 2.75) is 34.2 Å². The van der Waals surface area contributed by atoms with E-state index >= 15 is 0 Å². The van der Waals surface area contributed by atoms with E-state index < -0.39 is 0 Å². The van der Waals surface area contributed by atoms with E-state index in [9.17, 15) is 9.18 Å². The number of rotatable bonds is 4. The summed E-state index contributed by atoms with van der Waals surface area (Å²) in [6, 6.07) is 4.32. The van der Waals surface area contributed by atoms with E-state index in [1.807, 2.05) is 25.5 Å². The maximum Gasteiger partial charge on any atom is 0.229 e. The number of aryl methyl sites for hydroxylation is 2. The van der Waals surface area contributed by atoms with Gasteiger partial charge in [0.25, 0.3) is 0 Å². The smallest absolute Gasteiger partial charge is 0.229 e. The molecule has 0 aliphatic heterocycles. The fourth-order valence-corrected chi connectivity index (χ4v) is 2.50. The van der Waals surface area contributed by atoms with Crippen LogP contribution in [0.4, 0.5) is 10.1 Å². The Kier molecular flexibility index (Phi) is 5.01. The van der Waals surface area contributed by atoms with Crippen molar-refractivity contribution < 1.29 is 9.18 Å². The lowest BCUT2D eigenvalue weighted by Gasteiger charge is -2.14. The van der Waals surface area contributed by atoms with Crippen molar-refractivity contribution in [3.05, 3.63) is 45.4 Å². The quantitative estimate of drug-likeness (QED) is 0.887. The molecule has 2 rings (SSSR count). The number of carbonyl (C=O) groups is 1. The lowest BCUT2D eigenvalue weighted by atomic mass is 10.1. The number of amides is 1. The minimum atomic E-state index is -0.309. The Labute approximate surface area is 137 Å². The highest BCUT2D eigenvalue weighted by atomic mass is 79.9. The Morgan fingerprint density at radius 2 is 2.09 bits per heavy atom. The number of hydrogen-bond acceptors (Lipinski definition) is 2. The highest BCUT2D eigenvalue weighted by Gasteiger charge is 2.18. The molecule has 1 N–H and O–H groups in total. The van der Waals surface area contributed by atoms with E-state index in [2.05, 4.69) is 26.3 Å². The first kappa shape index (κ1) is 16.7. The number of carbonyl (C=O) groups excluding carboxylic acids is 1. The Balaban J connectivity index is 2.07. The van der Waals surface area contributed by atoms with Crippen LogP contribution in [-0.4, -0.2) is 15.7 Å². The van der Waals surface area contributed by atoms with Gasteiger partial charge in [-0.1, -0.05) is 6.92 Å². The number of hydrogen-bond donors (Lipinski definition) is 1. The molecule has 0 aliphatic carbocycles. The Hall–Kier alpha value is -1.69. The minimum Gasteiger partial charge on any atom is -0.326 e. The number of nitrogens with one attached hydrogen (secondary N) is 1. The lowest BCUT2D eigenvalue weighted by Crippen LogP contribution is -2.25. The van der Waals surface area contributed by atoms with Gasteiger partial charge in [0.05, 0.1) is 22.6 Å². The van der Waals surface area contributed by atoms with Gasteiger partial charge in [-0.2, -0.15) is 5.10 Å². The number of halogens is 2. The highest BCUT2D eigenvalue weighted by Crippen LogP contribution is 2.21. The summed E-state index contributed by atoms with van der Waals surface area (Å²) in [4.78, 5) is 12.3. The summed E-state index contributed by atoms with van der Waals surface area (Å²) in [5.74, 6) is -0.677. The van der Waals surface area contributed by atoms with E-state index in [4.69, 9.17) is 0 Å². The highest BCUT2D eigenvalue weighted by molar-refractivity contribution is 9.10. The summed E-state index contributed by atoms with van der Waals surface area (Å²) in [6.07, 6.45) is 0. The summed E-state index contributed by atoms with van der Waals surface area (Å²) >= 11 is 3.48. The van der Waals surface area contributed by atoms with Crippen molar-refractivity contribution in [2.24, 2.45) is 5.92 Å². The maximum atomic E-state index is 13.1. The molecule has 1 atom stereocenters. The van der Waals surface area contributed by atoms with Crippen LogP contribution in [0.3, 0.4) is 0 Å². The fourth-order valence-electron chi connectivity index (χ4n) is 2.22.